The fourth-order valence-corrected chi connectivity index (χ4v) is 2.83. The molecule has 0 aliphatic heterocycles. The van der Waals surface area contributed by atoms with Gasteiger partial charge in [0.25, 0.3) is 0 Å². The molecule has 1 aliphatic carbocycles. The molecule has 1 aromatic carbocycles. The number of ether oxygens (including phenoxy) is 1. The van der Waals surface area contributed by atoms with Crippen molar-refractivity contribution in [2.24, 2.45) is 17.4 Å². The molecule has 2 rings (SSSR count). The molecule has 0 amide bonds. The molecule has 1 aromatic rings. The highest BCUT2D eigenvalue weighted by molar-refractivity contribution is 5.66. The zero-order valence-electron chi connectivity index (χ0n) is 12.2. The van der Waals surface area contributed by atoms with Gasteiger partial charge in [-0.1, -0.05) is 31.4 Å². The second-order valence-electron chi connectivity index (χ2n) is 5.57. The maximum Gasteiger partial charge on any atom is 0.119 e. The van der Waals surface area contributed by atoms with Crippen molar-refractivity contribution in [1.29, 1.82) is 0 Å². The van der Waals surface area contributed by atoms with E-state index in [0.717, 1.165) is 35.8 Å². The van der Waals surface area contributed by atoms with E-state index in [2.05, 4.69) is 12.1 Å². The summed E-state index contributed by atoms with van der Waals surface area (Å²) >= 11 is 0. The van der Waals surface area contributed by atoms with Crippen LogP contribution in [-0.4, -0.2) is 13.2 Å². The van der Waals surface area contributed by atoms with Crippen molar-refractivity contribution in [3.8, 4) is 5.75 Å². The molecule has 0 spiro atoms. The van der Waals surface area contributed by atoms with E-state index in [4.69, 9.17) is 16.2 Å². The van der Waals surface area contributed by atoms with Crippen LogP contribution < -0.4 is 16.2 Å². The quantitative estimate of drug-likeness (QED) is 0.836. The van der Waals surface area contributed by atoms with Gasteiger partial charge in [-0.25, -0.2) is 0 Å². The minimum absolute atomic E-state index is 0.607. The standard InChI is InChI=1S/C17H26N2O/c18-10-9-16(12-19)15-7-4-8-17(11-15)20-13-14-5-2-1-3-6-14/h4,7-8,11-12,14H,1-3,5-6,9-10,13,18-19H2/b16-12+. The van der Waals surface area contributed by atoms with Gasteiger partial charge < -0.3 is 16.2 Å². The number of hydrogen-bond acceptors (Lipinski definition) is 3. The van der Waals surface area contributed by atoms with Gasteiger partial charge in [0, 0.05) is 0 Å². The number of hydrogen-bond donors (Lipinski definition) is 2. The molecule has 4 N–H and O–H groups in total. The summed E-state index contributed by atoms with van der Waals surface area (Å²) in [6.07, 6.45) is 9.14. The number of nitrogens with two attached hydrogens (primary N) is 2. The van der Waals surface area contributed by atoms with Gasteiger partial charge in [0.15, 0.2) is 0 Å². The van der Waals surface area contributed by atoms with Crippen molar-refractivity contribution in [1.82, 2.24) is 0 Å². The molecule has 1 fully saturated rings. The normalized spacial score (nSPS) is 17.1. The Hall–Kier alpha value is -1.48. The molecule has 1 aliphatic rings. The van der Waals surface area contributed by atoms with E-state index in [1.54, 1.807) is 6.20 Å². The first-order valence-electron chi connectivity index (χ1n) is 7.67. The zero-order valence-corrected chi connectivity index (χ0v) is 12.2. The minimum atomic E-state index is 0.607. The Bertz CT molecular complexity index is 436. The molecule has 0 atom stereocenters. The summed E-state index contributed by atoms with van der Waals surface area (Å²) in [4.78, 5) is 0. The van der Waals surface area contributed by atoms with Crippen molar-refractivity contribution >= 4 is 5.57 Å². The lowest BCUT2D eigenvalue weighted by atomic mass is 9.90. The molecule has 3 nitrogen and oxygen atoms in total. The first-order valence-corrected chi connectivity index (χ1v) is 7.67. The van der Waals surface area contributed by atoms with Crippen LogP contribution >= 0.6 is 0 Å². The van der Waals surface area contributed by atoms with E-state index in [0.29, 0.717) is 6.54 Å². The second kappa shape index (κ2) is 7.95. The first kappa shape index (κ1) is 14.9. The summed E-state index contributed by atoms with van der Waals surface area (Å²) in [5, 5.41) is 0. The average molecular weight is 274 g/mol. The van der Waals surface area contributed by atoms with Crippen LogP contribution in [0.5, 0.6) is 5.75 Å². The Kier molecular flexibility index (Phi) is 5.93. The van der Waals surface area contributed by atoms with Gasteiger partial charge in [0.1, 0.15) is 5.75 Å². The van der Waals surface area contributed by atoms with Crippen LogP contribution in [0.4, 0.5) is 0 Å². The largest absolute Gasteiger partial charge is 0.493 e. The Morgan fingerprint density at radius 1 is 1.25 bits per heavy atom. The maximum absolute atomic E-state index is 5.96. The van der Waals surface area contributed by atoms with Gasteiger partial charge in [0.05, 0.1) is 6.61 Å². The maximum atomic E-state index is 5.96. The fraction of sp³-hybridized carbons (Fsp3) is 0.529. The molecule has 0 bridgehead atoms. The summed E-state index contributed by atoms with van der Waals surface area (Å²) in [6.45, 7) is 1.44. The molecule has 20 heavy (non-hydrogen) atoms. The van der Waals surface area contributed by atoms with Gasteiger partial charge in [-0.05, 0) is 61.2 Å². The summed E-state index contributed by atoms with van der Waals surface area (Å²) in [5.74, 6) is 1.66. The lowest BCUT2D eigenvalue weighted by molar-refractivity contribution is 0.209. The van der Waals surface area contributed by atoms with Gasteiger partial charge in [-0.2, -0.15) is 0 Å². The van der Waals surface area contributed by atoms with Crippen molar-refractivity contribution in [3.63, 3.8) is 0 Å². The highest BCUT2D eigenvalue weighted by Gasteiger charge is 2.14. The SMILES string of the molecule is N/C=C(\CCN)c1cccc(OCC2CCCCC2)c1. The summed E-state index contributed by atoms with van der Waals surface area (Å²) in [7, 11) is 0. The highest BCUT2D eigenvalue weighted by atomic mass is 16.5. The Labute approximate surface area is 122 Å². The van der Waals surface area contributed by atoms with E-state index >= 15 is 0 Å². The van der Waals surface area contributed by atoms with Crippen molar-refractivity contribution in [2.75, 3.05) is 13.2 Å². The molecular weight excluding hydrogens is 248 g/mol. The molecule has 0 heterocycles. The van der Waals surface area contributed by atoms with Gasteiger partial charge in [-0.15, -0.1) is 0 Å². The Balaban J connectivity index is 1.94. The van der Waals surface area contributed by atoms with E-state index in [9.17, 15) is 0 Å². The van der Waals surface area contributed by atoms with Gasteiger partial charge in [0.2, 0.25) is 0 Å². The van der Waals surface area contributed by atoms with E-state index < -0.39 is 0 Å². The third-order valence-corrected chi connectivity index (χ3v) is 4.03. The molecule has 0 saturated heterocycles. The lowest BCUT2D eigenvalue weighted by Gasteiger charge is -2.21. The second-order valence-corrected chi connectivity index (χ2v) is 5.57. The fourth-order valence-electron chi connectivity index (χ4n) is 2.83. The van der Waals surface area contributed by atoms with E-state index in [-0.39, 0.29) is 0 Å². The highest BCUT2D eigenvalue weighted by Crippen LogP contribution is 2.26. The lowest BCUT2D eigenvalue weighted by Crippen LogP contribution is -2.15. The molecular formula is C17H26N2O. The van der Waals surface area contributed by atoms with Crippen LogP contribution in [0.1, 0.15) is 44.1 Å². The third-order valence-electron chi connectivity index (χ3n) is 4.03. The summed E-state index contributed by atoms with van der Waals surface area (Å²) in [5.41, 5.74) is 13.5. The molecule has 0 radical (unpaired) electrons. The molecule has 0 unspecified atom stereocenters. The molecule has 1 saturated carbocycles. The van der Waals surface area contributed by atoms with Crippen LogP contribution in [0.25, 0.3) is 5.57 Å². The minimum Gasteiger partial charge on any atom is -0.493 e. The van der Waals surface area contributed by atoms with Crippen molar-refractivity contribution < 1.29 is 4.74 Å². The average Bonchev–Trinajstić information content (AvgIpc) is 2.52. The van der Waals surface area contributed by atoms with Gasteiger partial charge >= 0.3 is 0 Å². The van der Waals surface area contributed by atoms with Crippen molar-refractivity contribution in [2.45, 2.75) is 38.5 Å². The first-order chi connectivity index (χ1) is 9.83. The number of benzene rings is 1. The Morgan fingerprint density at radius 2 is 2.05 bits per heavy atom. The van der Waals surface area contributed by atoms with E-state index in [1.165, 1.54) is 32.1 Å². The summed E-state index contributed by atoms with van der Waals surface area (Å²) in [6, 6.07) is 8.16. The smallest absolute Gasteiger partial charge is 0.119 e. The van der Waals surface area contributed by atoms with Crippen LogP contribution in [0, 0.1) is 5.92 Å². The van der Waals surface area contributed by atoms with Crippen LogP contribution in [0.2, 0.25) is 0 Å². The molecule has 3 heteroatoms. The molecule has 0 aromatic heterocycles. The van der Waals surface area contributed by atoms with Crippen LogP contribution in [0.15, 0.2) is 30.5 Å². The predicted octanol–water partition coefficient (Wildman–Crippen LogP) is 3.29. The zero-order chi connectivity index (χ0) is 14.2. The van der Waals surface area contributed by atoms with Crippen molar-refractivity contribution in [3.05, 3.63) is 36.0 Å². The Morgan fingerprint density at radius 3 is 2.75 bits per heavy atom. The molecule has 110 valence electrons. The third kappa shape index (κ3) is 4.27. The topological polar surface area (TPSA) is 61.3 Å². The van der Waals surface area contributed by atoms with Gasteiger partial charge in [-0.3, -0.25) is 0 Å². The predicted molar refractivity (Wildman–Crippen MR) is 84.3 cm³/mol. The summed E-state index contributed by atoms with van der Waals surface area (Å²) < 4.78 is 5.96. The monoisotopic (exact) mass is 274 g/mol. The van der Waals surface area contributed by atoms with Crippen LogP contribution in [-0.2, 0) is 0 Å². The van der Waals surface area contributed by atoms with Crippen LogP contribution in [0.3, 0.4) is 0 Å². The number of rotatable bonds is 6. The van der Waals surface area contributed by atoms with E-state index in [1.807, 2.05) is 12.1 Å².